The molecule has 18 heavy (non-hydrogen) atoms. The van der Waals surface area contributed by atoms with Crippen LogP contribution in [0.15, 0.2) is 12.4 Å². The summed E-state index contributed by atoms with van der Waals surface area (Å²) in [5, 5.41) is 12.9. The quantitative estimate of drug-likeness (QED) is 0.892. The van der Waals surface area contributed by atoms with Crippen molar-refractivity contribution in [3.63, 3.8) is 0 Å². The number of ether oxygens (including phenoxy) is 1. The highest BCUT2D eigenvalue weighted by Gasteiger charge is 2.42. The van der Waals surface area contributed by atoms with E-state index in [9.17, 15) is 4.79 Å². The Hall–Kier alpha value is -1.36. The summed E-state index contributed by atoms with van der Waals surface area (Å²) >= 11 is 0. The molecule has 2 aliphatic rings. The topological polar surface area (TPSA) is 64.3 Å². The smallest absolute Gasteiger partial charge is 0.338 e. The second-order valence-corrected chi connectivity index (χ2v) is 5.42. The molecule has 5 nitrogen and oxygen atoms in total. The van der Waals surface area contributed by atoms with Gasteiger partial charge in [0.05, 0.1) is 30.0 Å². The Labute approximate surface area is 106 Å². The second kappa shape index (κ2) is 4.39. The van der Waals surface area contributed by atoms with E-state index in [-0.39, 0.29) is 17.3 Å². The first-order valence-electron chi connectivity index (χ1n) is 6.60. The summed E-state index contributed by atoms with van der Waals surface area (Å²) in [6, 6.07) is 0. The van der Waals surface area contributed by atoms with Gasteiger partial charge >= 0.3 is 5.97 Å². The molecule has 0 aromatic carbocycles. The van der Waals surface area contributed by atoms with Crippen molar-refractivity contribution >= 4 is 5.97 Å². The minimum Gasteiger partial charge on any atom is -0.478 e. The van der Waals surface area contributed by atoms with Gasteiger partial charge in [0, 0.05) is 6.20 Å². The molecule has 1 aliphatic carbocycles. The molecule has 2 fully saturated rings. The highest BCUT2D eigenvalue weighted by atomic mass is 16.5. The molecule has 1 aliphatic heterocycles. The summed E-state index contributed by atoms with van der Waals surface area (Å²) in [6.07, 6.45) is 10.3. The van der Waals surface area contributed by atoms with E-state index >= 15 is 0 Å². The van der Waals surface area contributed by atoms with Crippen LogP contribution < -0.4 is 0 Å². The van der Waals surface area contributed by atoms with Gasteiger partial charge in [0.2, 0.25) is 0 Å². The molecule has 1 saturated carbocycles. The molecule has 0 radical (unpaired) electrons. The van der Waals surface area contributed by atoms with Crippen LogP contribution in [0.3, 0.4) is 0 Å². The maximum Gasteiger partial charge on any atom is 0.338 e. The summed E-state index contributed by atoms with van der Waals surface area (Å²) in [7, 11) is 0. The largest absolute Gasteiger partial charge is 0.478 e. The Morgan fingerprint density at radius 3 is 2.94 bits per heavy atom. The fourth-order valence-corrected chi connectivity index (χ4v) is 3.19. The van der Waals surface area contributed by atoms with Crippen molar-refractivity contribution in [3.8, 4) is 0 Å². The van der Waals surface area contributed by atoms with Crippen molar-refractivity contribution in [1.29, 1.82) is 0 Å². The van der Waals surface area contributed by atoms with Crippen molar-refractivity contribution in [2.45, 2.75) is 56.8 Å². The first-order chi connectivity index (χ1) is 8.67. The lowest BCUT2D eigenvalue weighted by Gasteiger charge is -2.23. The van der Waals surface area contributed by atoms with Gasteiger partial charge in [-0.25, -0.2) is 4.79 Å². The molecule has 1 aromatic rings. The molecular formula is C13H18N2O3. The van der Waals surface area contributed by atoms with E-state index in [1.165, 1.54) is 31.9 Å². The summed E-state index contributed by atoms with van der Waals surface area (Å²) in [5.41, 5.74) is 0.372. The number of carboxylic acid groups (broad SMARTS) is 1. The van der Waals surface area contributed by atoms with Gasteiger partial charge in [-0.05, 0) is 25.7 Å². The van der Waals surface area contributed by atoms with Crippen LogP contribution in [-0.4, -0.2) is 32.6 Å². The summed E-state index contributed by atoms with van der Waals surface area (Å²) < 4.78 is 7.86. The number of carbonyl (C=O) groups is 1. The van der Waals surface area contributed by atoms with Crippen LogP contribution in [0.4, 0.5) is 0 Å². The zero-order chi connectivity index (χ0) is 12.6. The zero-order valence-corrected chi connectivity index (χ0v) is 10.3. The monoisotopic (exact) mass is 250 g/mol. The molecule has 2 heterocycles. The number of aromatic carboxylic acids is 1. The summed E-state index contributed by atoms with van der Waals surface area (Å²) in [4.78, 5) is 10.8. The van der Waals surface area contributed by atoms with Gasteiger partial charge in [0.25, 0.3) is 0 Å². The number of hydrogen-bond acceptors (Lipinski definition) is 3. The van der Waals surface area contributed by atoms with Crippen LogP contribution in [0.2, 0.25) is 0 Å². The third-order valence-electron chi connectivity index (χ3n) is 4.12. The zero-order valence-electron chi connectivity index (χ0n) is 10.3. The van der Waals surface area contributed by atoms with Crippen molar-refractivity contribution in [3.05, 3.63) is 18.0 Å². The van der Waals surface area contributed by atoms with Crippen LogP contribution in [0, 0.1) is 0 Å². The third kappa shape index (κ3) is 2.14. The number of nitrogens with zero attached hydrogens (tertiary/aromatic N) is 2. The van der Waals surface area contributed by atoms with Crippen molar-refractivity contribution in [2.24, 2.45) is 0 Å². The minimum atomic E-state index is -0.930. The normalized spacial score (nSPS) is 25.9. The van der Waals surface area contributed by atoms with Gasteiger partial charge in [0.1, 0.15) is 0 Å². The van der Waals surface area contributed by atoms with E-state index in [4.69, 9.17) is 9.84 Å². The van der Waals surface area contributed by atoms with E-state index in [1.54, 1.807) is 10.9 Å². The summed E-state index contributed by atoms with van der Waals surface area (Å²) in [5.74, 6) is -0.930. The maximum atomic E-state index is 10.8. The lowest BCUT2D eigenvalue weighted by Crippen LogP contribution is -2.26. The molecule has 1 aromatic heterocycles. The van der Waals surface area contributed by atoms with Gasteiger partial charge in [-0.2, -0.15) is 5.10 Å². The van der Waals surface area contributed by atoms with E-state index in [1.807, 2.05) is 0 Å². The summed E-state index contributed by atoms with van der Waals surface area (Å²) in [6.45, 7) is 0.662. The minimum absolute atomic E-state index is 0.132. The molecule has 1 atom stereocenters. The predicted octanol–water partition coefficient (Wildman–Crippen LogP) is 2.07. The number of hydrogen-bond donors (Lipinski definition) is 1. The molecular weight excluding hydrogens is 232 g/mol. The average molecular weight is 250 g/mol. The average Bonchev–Trinajstić information content (AvgIpc) is 3.03. The van der Waals surface area contributed by atoms with E-state index in [0.717, 1.165) is 12.8 Å². The lowest BCUT2D eigenvalue weighted by molar-refractivity contribution is -0.0429. The number of rotatable bonds is 3. The Kier molecular flexibility index (Phi) is 2.86. The molecule has 98 valence electrons. The van der Waals surface area contributed by atoms with Crippen molar-refractivity contribution < 1.29 is 14.6 Å². The molecule has 1 spiro atoms. The van der Waals surface area contributed by atoms with Gasteiger partial charge in [-0.15, -0.1) is 0 Å². The molecule has 3 rings (SSSR count). The molecule has 5 heteroatoms. The second-order valence-electron chi connectivity index (χ2n) is 5.42. The van der Waals surface area contributed by atoms with Crippen LogP contribution in [0.25, 0.3) is 0 Å². The van der Waals surface area contributed by atoms with Gasteiger partial charge in [-0.1, -0.05) is 12.8 Å². The Balaban J connectivity index is 1.61. The first-order valence-corrected chi connectivity index (χ1v) is 6.60. The van der Waals surface area contributed by atoms with Gasteiger partial charge < -0.3 is 9.84 Å². The third-order valence-corrected chi connectivity index (χ3v) is 4.12. The Bertz CT molecular complexity index is 449. The first kappa shape index (κ1) is 11.7. The Morgan fingerprint density at radius 1 is 1.50 bits per heavy atom. The fourth-order valence-electron chi connectivity index (χ4n) is 3.19. The van der Waals surface area contributed by atoms with Gasteiger partial charge in [0.15, 0.2) is 0 Å². The van der Waals surface area contributed by atoms with E-state index in [0.29, 0.717) is 6.54 Å². The van der Waals surface area contributed by atoms with Crippen LogP contribution >= 0.6 is 0 Å². The molecule has 1 unspecified atom stereocenters. The number of aromatic nitrogens is 2. The fraction of sp³-hybridized carbons (Fsp3) is 0.692. The molecule has 0 amide bonds. The van der Waals surface area contributed by atoms with Crippen molar-refractivity contribution in [2.75, 3.05) is 0 Å². The van der Waals surface area contributed by atoms with Crippen LogP contribution in [0.1, 0.15) is 48.9 Å². The molecule has 1 saturated heterocycles. The predicted molar refractivity (Wildman–Crippen MR) is 64.5 cm³/mol. The molecule has 0 bridgehead atoms. The van der Waals surface area contributed by atoms with E-state index < -0.39 is 5.97 Å². The van der Waals surface area contributed by atoms with Crippen LogP contribution in [-0.2, 0) is 11.3 Å². The highest BCUT2D eigenvalue weighted by Crippen LogP contribution is 2.43. The van der Waals surface area contributed by atoms with Crippen LogP contribution in [0.5, 0.6) is 0 Å². The standard InChI is InChI=1S/C13H18N2O3/c16-12(17)10-7-14-15(8-10)9-11-3-6-13(18-11)4-1-2-5-13/h7-8,11H,1-6,9H2,(H,16,17). The molecule has 1 N–H and O–H groups in total. The van der Waals surface area contributed by atoms with Crippen molar-refractivity contribution in [1.82, 2.24) is 9.78 Å². The SMILES string of the molecule is O=C(O)c1cnn(CC2CCC3(CCCC3)O2)c1. The maximum absolute atomic E-state index is 10.8. The van der Waals surface area contributed by atoms with Gasteiger partial charge in [-0.3, -0.25) is 4.68 Å². The lowest BCUT2D eigenvalue weighted by atomic mass is 9.98. The highest BCUT2D eigenvalue weighted by molar-refractivity contribution is 5.86. The Morgan fingerprint density at radius 2 is 2.28 bits per heavy atom. The van der Waals surface area contributed by atoms with E-state index in [2.05, 4.69) is 5.10 Å². The number of carboxylic acids is 1.